The van der Waals surface area contributed by atoms with Crippen LogP contribution < -0.4 is 19.8 Å². The van der Waals surface area contributed by atoms with Gasteiger partial charge in [0.2, 0.25) is 11.8 Å². The molecule has 2 amide bonds. The third-order valence-corrected chi connectivity index (χ3v) is 14.3. The average molecular weight is 884 g/mol. The Labute approximate surface area is 364 Å². The number of imide groups is 1. The Bertz CT molecular complexity index is 2560. The highest BCUT2D eigenvalue weighted by atomic mass is 35.5. The van der Waals surface area contributed by atoms with Gasteiger partial charge in [-0.15, -0.1) is 0 Å². The van der Waals surface area contributed by atoms with Crippen LogP contribution in [0.5, 0.6) is 0 Å². The van der Waals surface area contributed by atoms with Gasteiger partial charge in [0.15, 0.2) is 5.82 Å². The summed E-state index contributed by atoms with van der Waals surface area (Å²) in [5, 5.41) is 7.39. The lowest BCUT2D eigenvalue weighted by Crippen LogP contribution is -2.49. The van der Waals surface area contributed by atoms with Crippen LogP contribution in [0.25, 0.3) is 28.1 Å². The molecule has 9 rings (SSSR count). The van der Waals surface area contributed by atoms with E-state index in [0.717, 1.165) is 88.6 Å². The fourth-order valence-electron chi connectivity index (χ4n) is 9.15. The molecule has 4 saturated heterocycles. The van der Waals surface area contributed by atoms with Crippen molar-refractivity contribution in [2.45, 2.75) is 44.4 Å². The van der Waals surface area contributed by atoms with Gasteiger partial charge in [-0.3, -0.25) is 29.5 Å². The number of nitrogens with zero attached hydrogens (tertiary/aromatic N) is 7. The number of hydrogen-bond acceptors (Lipinski definition) is 9. The van der Waals surface area contributed by atoms with Crippen molar-refractivity contribution >= 4 is 50.7 Å². The van der Waals surface area contributed by atoms with Gasteiger partial charge in [0, 0.05) is 123 Å². The van der Waals surface area contributed by atoms with Gasteiger partial charge in [0.1, 0.15) is 11.5 Å². The van der Waals surface area contributed by atoms with Gasteiger partial charge in [0.05, 0.1) is 17.3 Å². The second kappa shape index (κ2) is 17.8. The number of rotatable bonds is 11. The third-order valence-electron chi connectivity index (χ3n) is 12.6. The maximum atomic E-state index is 16.4. The van der Waals surface area contributed by atoms with Crippen LogP contribution in [-0.2, 0) is 19.8 Å². The first-order chi connectivity index (χ1) is 30.0. The molecule has 62 heavy (non-hydrogen) atoms. The number of anilines is 3. The molecule has 6 heterocycles. The van der Waals surface area contributed by atoms with Crippen molar-refractivity contribution in [1.29, 1.82) is 0 Å². The van der Waals surface area contributed by atoms with Crippen molar-refractivity contribution < 1.29 is 26.8 Å². The van der Waals surface area contributed by atoms with Crippen molar-refractivity contribution in [2.24, 2.45) is 5.92 Å². The summed E-state index contributed by atoms with van der Waals surface area (Å²) in [5.41, 5.74) is 4.56. The standard InChI is InChI=1S/C45H48ClF2N9O4S/c46-32-25-38(43(48)41(26-32)52-62(60,61)56-17-1-2-18-56)39-29-57(51-44(39)31-11-15-49-16-12-31)34-5-3-33(4-6-34)55-23-21-53(22-24-55)28-30-13-19-54(20-14-30)35-7-8-36(40(47)27-35)37-9-10-42(58)50-45(37)59/h3-8,11-12,15-16,25-27,29-30,37,52H,1-2,9-10,13-14,17-24,28H2,(H,50,58,59)/t37-/m0/s1. The zero-order valence-corrected chi connectivity index (χ0v) is 35.7. The number of carbonyl (C=O) groups is 2. The van der Waals surface area contributed by atoms with Gasteiger partial charge < -0.3 is 9.80 Å². The minimum absolute atomic E-state index is 0.114. The molecule has 3 aromatic carbocycles. The van der Waals surface area contributed by atoms with E-state index in [9.17, 15) is 18.0 Å². The van der Waals surface area contributed by atoms with Crippen LogP contribution in [0.3, 0.4) is 0 Å². The molecule has 13 nitrogen and oxygen atoms in total. The predicted molar refractivity (Wildman–Crippen MR) is 236 cm³/mol. The van der Waals surface area contributed by atoms with Crippen LogP contribution in [0.1, 0.15) is 50.0 Å². The Morgan fingerprint density at radius 1 is 0.774 bits per heavy atom. The molecule has 0 aliphatic carbocycles. The number of amides is 2. The van der Waals surface area contributed by atoms with Crippen molar-refractivity contribution in [3.63, 3.8) is 0 Å². The first-order valence-electron chi connectivity index (χ1n) is 21.2. The van der Waals surface area contributed by atoms with E-state index in [-0.39, 0.29) is 28.6 Å². The molecule has 1 atom stereocenters. The van der Waals surface area contributed by atoms with Gasteiger partial charge in [-0.2, -0.15) is 17.8 Å². The third kappa shape index (κ3) is 8.91. The lowest BCUT2D eigenvalue weighted by Gasteiger charge is -2.40. The van der Waals surface area contributed by atoms with Crippen LogP contribution in [-0.4, -0.2) is 103 Å². The summed E-state index contributed by atoms with van der Waals surface area (Å²) in [6.07, 6.45) is 9.08. The molecule has 0 saturated carbocycles. The molecule has 0 radical (unpaired) electrons. The molecule has 0 spiro atoms. The number of piperidine rings is 2. The first-order valence-corrected chi connectivity index (χ1v) is 23.0. The molecule has 17 heteroatoms. The van der Waals surface area contributed by atoms with Crippen molar-refractivity contribution in [1.82, 2.24) is 29.3 Å². The minimum Gasteiger partial charge on any atom is -0.371 e. The fraction of sp³-hybridized carbons (Fsp3) is 0.378. The summed E-state index contributed by atoms with van der Waals surface area (Å²) in [6, 6.07) is 19.6. The Morgan fingerprint density at radius 2 is 1.45 bits per heavy atom. The number of aromatic nitrogens is 3. The smallest absolute Gasteiger partial charge is 0.301 e. The number of piperazine rings is 1. The minimum atomic E-state index is -3.97. The van der Waals surface area contributed by atoms with E-state index < -0.39 is 33.7 Å². The van der Waals surface area contributed by atoms with Crippen molar-refractivity contribution in [3.05, 3.63) is 108 Å². The summed E-state index contributed by atoms with van der Waals surface area (Å²) < 4.78 is 63.2. The predicted octanol–water partition coefficient (Wildman–Crippen LogP) is 6.84. The highest BCUT2D eigenvalue weighted by molar-refractivity contribution is 7.90. The topological polar surface area (TPSA) is 136 Å². The highest BCUT2D eigenvalue weighted by Crippen LogP contribution is 2.39. The zero-order chi connectivity index (χ0) is 43.0. The van der Waals surface area contributed by atoms with E-state index in [4.69, 9.17) is 16.7 Å². The van der Waals surface area contributed by atoms with Gasteiger partial charge in [-0.1, -0.05) is 17.7 Å². The highest BCUT2D eigenvalue weighted by Gasteiger charge is 2.32. The second-order valence-electron chi connectivity index (χ2n) is 16.5. The van der Waals surface area contributed by atoms with Crippen LogP contribution in [0.2, 0.25) is 5.02 Å². The molecule has 4 fully saturated rings. The number of hydrogen-bond donors (Lipinski definition) is 2. The van der Waals surface area contributed by atoms with Gasteiger partial charge in [-0.25, -0.2) is 13.5 Å². The van der Waals surface area contributed by atoms with E-state index in [1.54, 1.807) is 41.5 Å². The maximum Gasteiger partial charge on any atom is 0.301 e. The lowest BCUT2D eigenvalue weighted by molar-refractivity contribution is -0.134. The molecule has 0 unspecified atom stereocenters. The molecule has 324 valence electrons. The number of benzene rings is 3. The van der Waals surface area contributed by atoms with E-state index in [0.29, 0.717) is 47.8 Å². The molecule has 4 aliphatic heterocycles. The Balaban J connectivity index is 0.826. The van der Waals surface area contributed by atoms with E-state index in [1.165, 1.54) is 22.5 Å². The molecule has 4 aliphatic rings. The molecular formula is C45H48ClF2N9O4S. The number of halogens is 3. The number of pyridine rings is 1. The van der Waals surface area contributed by atoms with Crippen LogP contribution in [0, 0.1) is 17.6 Å². The van der Waals surface area contributed by atoms with E-state index in [2.05, 4.69) is 41.9 Å². The summed E-state index contributed by atoms with van der Waals surface area (Å²) in [4.78, 5) is 35.1. The maximum absolute atomic E-state index is 16.4. The van der Waals surface area contributed by atoms with Crippen LogP contribution in [0.15, 0.2) is 85.3 Å². The van der Waals surface area contributed by atoms with Crippen molar-refractivity contribution in [2.75, 3.05) is 73.4 Å². The molecule has 2 aromatic heterocycles. The number of nitrogens with one attached hydrogen (secondary N) is 2. The SMILES string of the molecule is O=C1CC[C@@H](c2ccc(N3CCC(CN4CCN(c5ccc(-n6cc(-c7cc(Cl)cc(NS(=O)(=O)N8CCCC8)c7F)c(-c7ccncc7)n6)cc5)CC4)CC3)cc2F)C(=O)N1. The second-order valence-corrected chi connectivity index (χ2v) is 18.7. The summed E-state index contributed by atoms with van der Waals surface area (Å²) in [6.45, 7) is 7.09. The monoisotopic (exact) mass is 883 g/mol. The molecular weight excluding hydrogens is 836 g/mol. The number of carbonyl (C=O) groups excluding carboxylic acids is 2. The lowest BCUT2D eigenvalue weighted by atomic mass is 9.89. The molecule has 5 aromatic rings. The van der Waals surface area contributed by atoms with E-state index >= 15 is 8.78 Å². The molecule has 0 bridgehead atoms. The summed E-state index contributed by atoms with van der Waals surface area (Å²) >= 11 is 6.50. The van der Waals surface area contributed by atoms with Gasteiger partial charge in [-0.05, 0) is 98.7 Å². The molecule has 2 N–H and O–H groups in total. The van der Waals surface area contributed by atoms with E-state index in [1.807, 2.05) is 18.2 Å². The fourth-order valence-corrected chi connectivity index (χ4v) is 10.7. The Kier molecular flexibility index (Phi) is 12.0. The Hall–Kier alpha value is -5.42. The first kappa shape index (κ1) is 41.9. The van der Waals surface area contributed by atoms with Crippen LogP contribution >= 0.6 is 11.6 Å². The summed E-state index contributed by atoms with van der Waals surface area (Å²) in [7, 11) is -3.97. The van der Waals surface area contributed by atoms with Gasteiger partial charge >= 0.3 is 10.2 Å². The zero-order valence-electron chi connectivity index (χ0n) is 34.1. The Morgan fingerprint density at radius 3 is 2.15 bits per heavy atom. The average Bonchev–Trinajstić information content (AvgIpc) is 3.99. The normalized spacial score (nSPS) is 19.6. The van der Waals surface area contributed by atoms with Crippen LogP contribution in [0.4, 0.5) is 25.8 Å². The largest absolute Gasteiger partial charge is 0.371 e. The quantitative estimate of drug-likeness (QED) is 0.137. The van der Waals surface area contributed by atoms with Crippen molar-refractivity contribution in [3.8, 4) is 28.1 Å². The van der Waals surface area contributed by atoms with Gasteiger partial charge in [0.25, 0.3) is 0 Å². The summed E-state index contributed by atoms with van der Waals surface area (Å²) in [5.74, 6) is -1.99.